The van der Waals surface area contributed by atoms with Crippen molar-refractivity contribution in [3.63, 3.8) is 0 Å². The lowest BCUT2D eigenvalue weighted by Gasteiger charge is -2.26. The molecule has 0 N–H and O–H groups in total. The Morgan fingerprint density at radius 1 is 0.788 bits per heavy atom. The van der Waals surface area contributed by atoms with E-state index in [1.165, 1.54) is 0 Å². The van der Waals surface area contributed by atoms with Crippen LogP contribution in [-0.4, -0.2) is 37.7 Å². The second-order valence-electron chi connectivity index (χ2n) is 7.25. The molecule has 0 radical (unpaired) electrons. The van der Waals surface area contributed by atoms with Crippen LogP contribution < -0.4 is 14.4 Å². The van der Waals surface area contributed by atoms with Crippen molar-refractivity contribution in [2.45, 2.75) is 6.92 Å². The zero-order valence-electron chi connectivity index (χ0n) is 18.6. The fourth-order valence-corrected chi connectivity index (χ4v) is 3.55. The molecule has 0 atom stereocenters. The number of benzene rings is 3. The summed E-state index contributed by atoms with van der Waals surface area (Å²) in [5.41, 5.74) is 3.56. The van der Waals surface area contributed by atoms with Gasteiger partial charge in [-0.3, -0.25) is 4.79 Å². The molecule has 3 aromatic rings. The first-order chi connectivity index (χ1) is 16.0. The maximum atomic E-state index is 12.3. The molecule has 0 unspecified atom stereocenters. The number of anilines is 3. The number of nitrogens with zero attached hydrogens (tertiary/aromatic N) is 2. The minimum atomic E-state index is -0.643. The van der Waals surface area contributed by atoms with Gasteiger partial charge in [0.15, 0.2) is 5.76 Å². The Morgan fingerprint density at radius 2 is 1.24 bits per heavy atom. The molecule has 7 nitrogen and oxygen atoms in total. The van der Waals surface area contributed by atoms with E-state index in [-0.39, 0.29) is 12.3 Å². The highest BCUT2D eigenvalue weighted by molar-refractivity contribution is 6.09. The zero-order chi connectivity index (χ0) is 23.4. The molecule has 1 aliphatic rings. The second kappa shape index (κ2) is 9.48. The highest BCUT2D eigenvalue weighted by Crippen LogP contribution is 2.36. The molecule has 1 aliphatic heterocycles. The summed E-state index contributed by atoms with van der Waals surface area (Å²) < 4.78 is 15.7. The molecule has 0 bridgehead atoms. The van der Waals surface area contributed by atoms with Crippen molar-refractivity contribution in [2.75, 3.05) is 25.7 Å². The SMILES string of the molecule is CCN1C(=O)OC(=Cc2ccc(N(c3ccc(OC)cc3)c3ccc(OC)cc3)cc2)C1=O. The van der Waals surface area contributed by atoms with Crippen molar-refractivity contribution >= 4 is 35.1 Å². The van der Waals surface area contributed by atoms with Crippen LogP contribution in [0.25, 0.3) is 6.08 Å². The summed E-state index contributed by atoms with van der Waals surface area (Å²) in [6, 6.07) is 23.2. The van der Waals surface area contributed by atoms with E-state index in [9.17, 15) is 9.59 Å². The average molecular weight is 444 g/mol. The van der Waals surface area contributed by atoms with Crippen molar-refractivity contribution in [2.24, 2.45) is 0 Å². The molecule has 4 rings (SSSR count). The second-order valence-corrected chi connectivity index (χ2v) is 7.25. The zero-order valence-corrected chi connectivity index (χ0v) is 18.6. The lowest BCUT2D eigenvalue weighted by atomic mass is 10.1. The van der Waals surface area contributed by atoms with E-state index in [0.717, 1.165) is 39.0 Å². The smallest absolute Gasteiger partial charge is 0.422 e. The Kier molecular flexibility index (Phi) is 6.31. The summed E-state index contributed by atoms with van der Waals surface area (Å²) in [7, 11) is 3.27. The van der Waals surface area contributed by atoms with Gasteiger partial charge in [0, 0.05) is 23.6 Å². The van der Waals surface area contributed by atoms with Gasteiger partial charge in [-0.05, 0) is 79.2 Å². The molecule has 0 aliphatic carbocycles. The van der Waals surface area contributed by atoms with E-state index >= 15 is 0 Å². The van der Waals surface area contributed by atoms with E-state index in [1.807, 2.05) is 72.8 Å². The number of rotatable bonds is 7. The van der Waals surface area contributed by atoms with Crippen LogP contribution in [0.1, 0.15) is 12.5 Å². The third-order valence-electron chi connectivity index (χ3n) is 5.30. The van der Waals surface area contributed by atoms with Gasteiger partial charge in [-0.2, -0.15) is 0 Å². The Hall–Kier alpha value is -4.26. The predicted molar refractivity (Wildman–Crippen MR) is 126 cm³/mol. The number of carbonyl (C=O) groups excluding carboxylic acids is 2. The molecule has 0 spiro atoms. The number of hydrogen-bond acceptors (Lipinski definition) is 6. The number of cyclic esters (lactones) is 1. The van der Waals surface area contributed by atoms with E-state index in [1.54, 1.807) is 27.2 Å². The Morgan fingerprint density at radius 3 is 1.64 bits per heavy atom. The summed E-state index contributed by atoms with van der Waals surface area (Å²) in [6.45, 7) is 2.00. The van der Waals surface area contributed by atoms with Crippen molar-refractivity contribution in [1.82, 2.24) is 4.90 Å². The molecule has 0 aromatic heterocycles. The first-order valence-corrected chi connectivity index (χ1v) is 10.5. The van der Waals surface area contributed by atoms with E-state index in [0.29, 0.717) is 0 Å². The van der Waals surface area contributed by atoms with Crippen LogP contribution in [0.15, 0.2) is 78.6 Å². The van der Waals surface area contributed by atoms with Gasteiger partial charge in [0.2, 0.25) is 0 Å². The number of ether oxygens (including phenoxy) is 3. The topological polar surface area (TPSA) is 68.3 Å². The van der Waals surface area contributed by atoms with E-state index in [4.69, 9.17) is 14.2 Å². The minimum Gasteiger partial charge on any atom is -0.497 e. The standard InChI is InChI=1S/C26H24N2O5/c1-4-27-25(29)24(33-26(27)30)17-18-5-7-19(8-6-18)28(20-9-13-22(31-2)14-10-20)21-11-15-23(32-3)16-12-21/h5-17H,4H2,1-3H3. The fourth-order valence-electron chi connectivity index (χ4n) is 3.55. The highest BCUT2D eigenvalue weighted by Gasteiger charge is 2.35. The molecule has 0 saturated carbocycles. The number of imide groups is 1. The van der Waals surface area contributed by atoms with Crippen molar-refractivity contribution < 1.29 is 23.8 Å². The van der Waals surface area contributed by atoms with Crippen LogP contribution in [0.5, 0.6) is 11.5 Å². The Balaban J connectivity index is 1.67. The van der Waals surface area contributed by atoms with Gasteiger partial charge in [-0.1, -0.05) is 12.1 Å². The van der Waals surface area contributed by atoms with E-state index < -0.39 is 12.0 Å². The summed E-state index contributed by atoms with van der Waals surface area (Å²) in [4.78, 5) is 27.2. The Labute approximate surface area is 192 Å². The number of amides is 2. The third kappa shape index (κ3) is 4.52. The fraction of sp³-hybridized carbons (Fsp3) is 0.154. The minimum absolute atomic E-state index is 0.0248. The molecule has 1 saturated heterocycles. The van der Waals surface area contributed by atoms with Gasteiger partial charge in [0.25, 0.3) is 5.91 Å². The lowest BCUT2D eigenvalue weighted by Crippen LogP contribution is -2.28. The van der Waals surface area contributed by atoms with Crippen LogP contribution in [0.2, 0.25) is 0 Å². The van der Waals surface area contributed by atoms with Gasteiger partial charge < -0.3 is 19.1 Å². The summed E-state index contributed by atoms with van der Waals surface area (Å²) in [6.07, 6.45) is 0.931. The molecular formula is C26H24N2O5. The van der Waals surface area contributed by atoms with Gasteiger partial charge in [-0.15, -0.1) is 0 Å². The average Bonchev–Trinajstić information content (AvgIpc) is 3.13. The van der Waals surface area contributed by atoms with Gasteiger partial charge >= 0.3 is 6.09 Å². The van der Waals surface area contributed by atoms with Gasteiger partial charge in [0.1, 0.15) is 11.5 Å². The summed E-state index contributed by atoms with van der Waals surface area (Å²) in [5, 5.41) is 0. The largest absolute Gasteiger partial charge is 0.497 e. The van der Waals surface area contributed by atoms with Crippen LogP contribution in [0.3, 0.4) is 0 Å². The van der Waals surface area contributed by atoms with Crippen LogP contribution in [0, 0.1) is 0 Å². The molecule has 1 heterocycles. The molecule has 2 amide bonds. The van der Waals surface area contributed by atoms with Gasteiger partial charge in [0.05, 0.1) is 14.2 Å². The van der Waals surface area contributed by atoms with Crippen LogP contribution in [0.4, 0.5) is 21.9 Å². The third-order valence-corrected chi connectivity index (χ3v) is 5.30. The van der Waals surface area contributed by atoms with Crippen molar-refractivity contribution in [3.8, 4) is 11.5 Å². The maximum Gasteiger partial charge on any atom is 0.422 e. The predicted octanol–water partition coefficient (Wildman–Crippen LogP) is 5.51. The lowest BCUT2D eigenvalue weighted by molar-refractivity contribution is -0.123. The summed E-state index contributed by atoms with van der Waals surface area (Å²) in [5.74, 6) is 1.14. The van der Waals surface area contributed by atoms with Crippen LogP contribution >= 0.6 is 0 Å². The van der Waals surface area contributed by atoms with Crippen molar-refractivity contribution in [3.05, 3.63) is 84.1 Å². The molecule has 1 fully saturated rings. The van der Waals surface area contributed by atoms with E-state index in [2.05, 4.69) is 4.90 Å². The monoisotopic (exact) mass is 444 g/mol. The number of carbonyl (C=O) groups is 2. The molecular weight excluding hydrogens is 420 g/mol. The molecule has 3 aromatic carbocycles. The first-order valence-electron chi connectivity index (χ1n) is 10.5. The Bertz CT molecular complexity index is 1120. The first kappa shape index (κ1) is 22.0. The number of methoxy groups -OCH3 is 2. The summed E-state index contributed by atoms with van der Waals surface area (Å²) >= 11 is 0. The maximum absolute atomic E-state index is 12.3. The molecule has 168 valence electrons. The quantitative estimate of drug-likeness (QED) is 0.448. The van der Waals surface area contributed by atoms with Gasteiger partial charge in [-0.25, -0.2) is 9.69 Å². The molecule has 7 heteroatoms. The van der Waals surface area contributed by atoms with Crippen molar-refractivity contribution in [1.29, 1.82) is 0 Å². The normalized spacial score (nSPS) is 14.4. The number of likely N-dealkylation sites (N-methyl/N-ethyl adjacent to an activating group) is 1. The molecule has 33 heavy (non-hydrogen) atoms. The highest BCUT2D eigenvalue weighted by atomic mass is 16.6. The van der Waals surface area contributed by atoms with Crippen LogP contribution in [-0.2, 0) is 9.53 Å². The number of hydrogen-bond donors (Lipinski definition) is 0.